The Labute approximate surface area is 145 Å². The molecule has 1 aromatic rings. The minimum atomic E-state index is -0.324. The molecular formula is C18H26BNO2S. The highest BCUT2D eigenvalue weighted by atomic mass is 32.1. The van der Waals surface area contributed by atoms with E-state index in [4.69, 9.17) is 9.31 Å². The summed E-state index contributed by atoms with van der Waals surface area (Å²) in [5.74, 6) is 0.624. The molecule has 23 heavy (non-hydrogen) atoms. The molecule has 0 radical (unpaired) electrons. The molecule has 1 N–H and O–H groups in total. The molecule has 0 atom stereocenters. The largest absolute Gasteiger partial charge is 0.491 e. The lowest BCUT2D eigenvalue weighted by Crippen LogP contribution is -2.41. The standard InChI is InChI=1S/C18H26BNO2S/c1-17(2)18(3,4)22-19(21-17)15(12-23)10-13-6-5-7-14-11-20-9-8-16(13)14/h5-7,10,20,23H,8-9,11-12H2,1-4H3. The molecule has 1 fully saturated rings. The van der Waals surface area contributed by atoms with Crippen LogP contribution >= 0.6 is 12.6 Å². The van der Waals surface area contributed by atoms with Crippen LogP contribution < -0.4 is 5.32 Å². The Balaban J connectivity index is 1.92. The lowest BCUT2D eigenvalue weighted by molar-refractivity contribution is 0.00578. The summed E-state index contributed by atoms with van der Waals surface area (Å²) in [4.78, 5) is 0. The van der Waals surface area contributed by atoms with Gasteiger partial charge in [-0.2, -0.15) is 12.6 Å². The van der Waals surface area contributed by atoms with Crippen molar-refractivity contribution in [3.05, 3.63) is 40.4 Å². The van der Waals surface area contributed by atoms with Crippen LogP contribution in [-0.2, 0) is 22.3 Å². The summed E-state index contributed by atoms with van der Waals surface area (Å²) in [6.07, 6.45) is 3.27. The molecule has 124 valence electrons. The monoisotopic (exact) mass is 331 g/mol. The van der Waals surface area contributed by atoms with E-state index in [1.165, 1.54) is 16.7 Å². The average molecular weight is 331 g/mol. The summed E-state index contributed by atoms with van der Waals surface area (Å²) in [5, 5.41) is 3.43. The number of nitrogens with one attached hydrogen (secondary N) is 1. The van der Waals surface area contributed by atoms with E-state index in [-0.39, 0.29) is 18.3 Å². The van der Waals surface area contributed by atoms with Gasteiger partial charge in [0.2, 0.25) is 0 Å². The summed E-state index contributed by atoms with van der Waals surface area (Å²) in [5.41, 5.74) is 4.53. The van der Waals surface area contributed by atoms with Crippen molar-refractivity contribution >= 4 is 25.8 Å². The van der Waals surface area contributed by atoms with Crippen molar-refractivity contribution in [3.63, 3.8) is 0 Å². The van der Waals surface area contributed by atoms with Gasteiger partial charge in [-0.3, -0.25) is 0 Å². The Morgan fingerprint density at radius 3 is 2.61 bits per heavy atom. The second kappa shape index (κ2) is 6.28. The molecule has 0 saturated carbocycles. The lowest BCUT2D eigenvalue weighted by atomic mass is 9.77. The number of thiol groups is 1. The van der Waals surface area contributed by atoms with Gasteiger partial charge in [0, 0.05) is 12.3 Å². The van der Waals surface area contributed by atoms with E-state index < -0.39 is 0 Å². The van der Waals surface area contributed by atoms with Crippen molar-refractivity contribution in [3.8, 4) is 0 Å². The predicted molar refractivity (Wildman–Crippen MR) is 99.8 cm³/mol. The van der Waals surface area contributed by atoms with Gasteiger partial charge < -0.3 is 14.6 Å². The van der Waals surface area contributed by atoms with Crippen LogP contribution in [0.15, 0.2) is 23.7 Å². The molecule has 0 aromatic heterocycles. The molecule has 3 nitrogen and oxygen atoms in total. The van der Waals surface area contributed by atoms with Crippen LogP contribution in [0.1, 0.15) is 44.4 Å². The number of hydrogen-bond acceptors (Lipinski definition) is 4. The van der Waals surface area contributed by atoms with Gasteiger partial charge >= 0.3 is 7.12 Å². The molecule has 0 spiro atoms. The third-order valence-electron chi connectivity index (χ3n) is 5.26. The fourth-order valence-corrected chi connectivity index (χ4v) is 3.32. The van der Waals surface area contributed by atoms with Crippen molar-refractivity contribution in [1.82, 2.24) is 5.32 Å². The molecule has 0 bridgehead atoms. The second-order valence-electron chi connectivity index (χ2n) is 7.38. The molecule has 5 heteroatoms. The van der Waals surface area contributed by atoms with Crippen molar-refractivity contribution in [2.24, 2.45) is 0 Å². The smallest absolute Gasteiger partial charge is 0.400 e. The quantitative estimate of drug-likeness (QED) is 0.658. The molecule has 3 rings (SSSR count). The van der Waals surface area contributed by atoms with Crippen LogP contribution in [0.3, 0.4) is 0 Å². The Morgan fingerprint density at radius 2 is 1.96 bits per heavy atom. The van der Waals surface area contributed by atoms with Crippen LogP contribution in [0.2, 0.25) is 0 Å². The van der Waals surface area contributed by atoms with Crippen LogP contribution in [-0.4, -0.2) is 30.6 Å². The summed E-state index contributed by atoms with van der Waals surface area (Å²) < 4.78 is 12.4. The van der Waals surface area contributed by atoms with E-state index in [0.29, 0.717) is 5.75 Å². The zero-order valence-corrected chi connectivity index (χ0v) is 15.4. The first-order chi connectivity index (χ1) is 10.8. The topological polar surface area (TPSA) is 30.5 Å². The Kier molecular flexibility index (Phi) is 4.67. The maximum Gasteiger partial charge on any atom is 0.491 e. The molecule has 1 saturated heterocycles. The predicted octanol–water partition coefficient (Wildman–Crippen LogP) is 3.28. The zero-order chi connectivity index (χ0) is 16.7. The highest BCUT2D eigenvalue weighted by molar-refractivity contribution is 7.80. The van der Waals surface area contributed by atoms with E-state index >= 15 is 0 Å². The van der Waals surface area contributed by atoms with Gasteiger partial charge in [-0.15, -0.1) is 0 Å². The normalized spacial score (nSPS) is 23.0. The third kappa shape index (κ3) is 3.25. The van der Waals surface area contributed by atoms with Gasteiger partial charge in [0.15, 0.2) is 0 Å². The minimum absolute atomic E-state index is 0.320. The Morgan fingerprint density at radius 1 is 1.26 bits per heavy atom. The van der Waals surface area contributed by atoms with Crippen LogP contribution in [0.4, 0.5) is 0 Å². The van der Waals surface area contributed by atoms with E-state index in [2.05, 4.69) is 69.9 Å². The van der Waals surface area contributed by atoms with Gasteiger partial charge in [0.25, 0.3) is 0 Å². The van der Waals surface area contributed by atoms with Crippen LogP contribution in [0, 0.1) is 0 Å². The molecule has 0 amide bonds. The molecule has 2 aliphatic heterocycles. The van der Waals surface area contributed by atoms with E-state index in [0.717, 1.165) is 25.0 Å². The summed E-state index contributed by atoms with van der Waals surface area (Å²) >= 11 is 4.52. The first-order valence-electron chi connectivity index (χ1n) is 8.32. The van der Waals surface area contributed by atoms with Crippen molar-refractivity contribution in [2.75, 3.05) is 12.3 Å². The van der Waals surface area contributed by atoms with Crippen LogP contribution in [0.5, 0.6) is 0 Å². The molecule has 2 aliphatic rings. The van der Waals surface area contributed by atoms with Crippen LogP contribution in [0.25, 0.3) is 6.08 Å². The maximum atomic E-state index is 6.18. The SMILES string of the molecule is CC1(C)OB(C(=Cc2cccc3c2CCNC3)CS)OC1(C)C. The van der Waals surface area contributed by atoms with Gasteiger partial charge in [0.05, 0.1) is 11.2 Å². The van der Waals surface area contributed by atoms with Crippen molar-refractivity contribution < 1.29 is 9.31 Å². The fourth-order valence-electron chi connectivity index (χ4n) is 3.08. The second-order valence-corrected chi connectivity index (χ2v) is 7.69. The van der Waals surface area contributed by atoms with Crippen molar-refractivity contribution in [2.45, 2.75) is 51.9 Å². The number of rotatable bonds is 3. The zero-order valence-electron chi connectivity index (χ0n) is 14.5. The van der Waals surface area contributed by atoms with Gasteiger partial charge in [-0.25, -0.2) is 0 Å². The summed E-state index contributed by atoms with van der Waals surface area (Å²) in [6.45, 7) is 10.3. The number of benzene rings is 1. The fraction of sp³-hybridized carbons (Fsp3) is 0.556. The Hall–Kier alpha value is -0.745. The highest BCUT2D eigenvalue weighted by Gasteiger charge is 2.52. The van der Waals surface area contributed by atoms with Gasteiger partial charge in [0.1, 0.15) is 0 Å². The highest BCUT2D eigenvalue weighted by Crippen LogP contribution is 2.39. The van der Waals surface area contributed by atoms with Gasteiger partial charge in [-0.05, 0) is 62.8 Å². The molecule has 1 aromatic carbocycles. The first kappa shape index (κ1) is 17.1. The van der Waals surface area contributed by atoms with E-state index in [1.807, 2.05) is 0 Å². The third-order valence-corrected chi connectivity index (χ3v) is 5.62. The van der Waals surface area contributed by atoms with E-state index in [9.17, 15) is 0 Å². The summed E-state index contributed by atoms with van der Waals surface area (Å²) in [7, 11) is -0.324. The summed E-state index contributed by atoms with van der Waals surface area (Å²) in [6, 6.07) is 6.50. The molecule has 0 unspecified atom stereocenters. The minimum Gasteiger partial charge on any atom is -0.400 e. The number of fused-ring (bicyclic) bond motifs is 1. The lowest BCUT2D eigenvalue weighted by Gasteiger charge is -2.32. The number of hydrogen-bond donors (Lipinski definition) is 2. The van der Waals surface area contributed by atoms with Crippen molar-refractivity contribution in [1.29, 1.82) is 0 Å². The van der Waals surface area contributed by atoms with E-state index in [1.54, 1.807) is 0 Å². The first-order valence-corrected chi connectivity index (χ1v) is 8.96. The molecular weight excluding hydrogens is 305 g/mol. The van der Waals surface area contributed by atoms with Gasteiger partial charge in [-0.1, -0.05) is 24.3 Å². The maximum absolute atomic E-state index is 6.18. The molecule has 2 heterocycles. The Bertz CT molecular complexity index is 611. The molecule has 0 aliphatic carbocycles. The average Bonchev–Trinajstić information content (AvgIpc) is 2.73.